The van der Waals surface area contributed by atoms with E-state index in [-0.39, 0.29) is 5.75 Å². The molecule has 2 aromatic carbocycles. The second-order valence-electron chi connectivity index (χ2n) is 10.1. The molecule has 4 N–H and O–H groups in total. The standard InChI is InChI=1S/C30H45N3O2S/c1-2-3-4-5-6-7-8-9-10-11-12-13-14-18-23-36(34,35)33-26-21-22-28-27(24-26)29(31)30(32-28)25-19-16-15-17-20-25/h15-17,19-22,24,32-33H,2-14,18,23,31H2,1H3. The molecule has 0 amide bonds. The van der Waals surface area contributed by atoms with Gasteiger partial charge in [-0.15, -0.1) is 0 Å². The van der Waals surface area contributed by atoms with Crippen molar-refractivity contribution in [2.24, 2.45) is 0 Å². The fourth-order valence-electron chi connectivity index (χ4n) is 4.83. The molecule has 0 saturated heterocycles. The molecule has 0 aliphatic carbocycles. The average Bonchev–Trinajstić information content (AvgIpc) is 3.20. The Labute approximate surface area is 218 Å². The molecular formula is C30H45N3O2S. The third-order valence-corrected chi connectivity index (χ3v) is 8.31. The van der Waals surface area contributed by atoms with Gasteiger partial charge in [-0.05, 0) is 24.6 Å². The summed E-state index contributed by atoms with van der Waals surface area (Å²) >= 11 is 0. The molecule has 1 aromatic heterocycles. The van der Waals surface area contributed by atoms with Crippen LogP contribution in [0.5, 0.6) is 0 Å². The molecule has 0 bridgehead atoms. The maximum atomic E-state index is 12.6. The molecule has 198 valence electrons. The van der Waals surface area contributed by atoms with Gasteiger partial charge < -0.3 is 10.7 Å². The van der Waals surface area contributed by atoms with Crippen LogP contribution in [0.3, 0.4) is 0 Å². The number of aromatic nitrogens is 1. The molecule has 0 aliphatic heterocycles. The molecule has 1 heterocycles. The van der Waals surface area contributed by atoms with E-state index in [9.17, 15) is 8.42 Å². The Bertz CT molecular complexity index is 1140. The van der Waals surface area contributed by atoms with E-state index in [4.69, 9.17) is 5.73 Å². The molecule has 0 saturated carbocycles. The first-order chi connectivity index (χ1) is 17.5. The Balaban J connectivity index is 1.33. The number of sulfonamides is 1. The van der Waals surface area contributed by atoms with Crippen LogP contribution >= 0.6 is 0 Å². The van der Waals surface area contributed by atoms with E-state index in [0.717, 1.165) is 35.0 Å². The van der Waals surface area contributed by atoms with Crippen LogP contribution in [0.1, 0.15) is 96.8 Å². The summed E-state index contributed by atoms with van der Waals surface area (Å²) in [4.78, 5) is 3.35. The number of aromatic amines is 1. The third-order valence-electron chi connectivity index (χ3n) is 6.94. The number of nitrogens with two attached hydrogens (primary N) is 1. The van der Waals surface area contributed by atoms with Crippen molar-refractivity contribution >= 4 is 32.3 Å². The first kappa shape index (κ1) is 28.1. The molecule has 0 fully saturated rings. The van der Waals surface area contributed by atoms with Gasteiger partial charge in [0.05, 0.1) is 17.1 Å². The van der Waals surface area contributed by atoms with E-state index in [1.165, 1.54) is 70.6 Å². The van der Waals surface area contributed by atoms with E-state index in [1.807, 2.05) is 42.5 Å². The van der Waals surface area contributed by atoms with Crippen LogP contribution in [-0.4, -0.2) is 19.2 Å². The van der Waals surface area contributed by atoms with E-state index >= 15 is 0 Å². The maximum Gasteiger partial charge on any atom is 0.232 e. The second-order valence-corrected chi connectivity index (χ2v) is 11.9. The highest BCUT2D eigenvalue weighted by molar-refractivity contribution is 7.92. The SMILES string of the molecule is CCCCCCCCCCCCCCCCS(=O)(=O)Nc1ccc2[nH]c(-c3ccccc3)c(N)c2c1. The zero-order valence-electron chi connectivity index (χ0n) is 22.0. The number of hydrogen-bond acceptors (Lipinski definition) is 3. The van der Waals surface area contributed by atoms with Crippen molar-refractivity contribution in [3.63, 3.8) is 0 Å². The maximum absolute atomic E-state index is 12.6. The number of nitrogens with one attached hydrogen (secondary N) is 2. The molecule has 0 aliphatic rings. The number of benzene rings is 2. The van der Waals surface area contributed by atoms with Crippen LogP contribution < -0.4 is 10.5 Å². The number of fused-ring (bicyclic) bond motifs is 1. The van der Waals surface area contributed by atoms with Crippen LogP contribution in [-0.2, 0) is 10.0 Å². The van der Waals surface area contributed by atoms with Crippen LogP contribution in [0.15, 0.2) is 48.5 Å². The van der Waals surface area contributed by atoms with Gasteiger partial charge in [0.2, 0.25) is 10.0 Å². The monoisotopic (exact) mass is 511 g/mol. The molecular weight excluding hydrogens is 466 g/mol. The predicted octanol–water partition coefficient (Wildman–Crippen LogP) is 8.64. The summed E-state index contributed by atoms with van der Waals surface area (Å²) in [6.45, 7) is 2.26. The molecule has 3 aromatic rings. The number of nitrogen functional groups attached to an aromatic ring is 1. The first-order valence-corrected chi connectivity index (χ1v) is 15.6. The highest BCUT2D eigenvalue weighted by atomic mass is 32.2. The van der Waals surface area contributed by atoms with Gasteiger partial charge in [-0.25, -0.2) is 8.42 Å². The summed E-state index contributed by atoms with van der Waals surface area (Å²) in [7, 11) is -3.38. The van der Waals surface area contributed by atoms with E-state index in [0.29, 0.717) is 17.8 Å². The van der Waals surface area contributed by atoms with Crippen LogP contribution in [0.4, 0.5) is 11.4 Å². The summed E-state index contributed by atoms with van der Waals surface area (Å²) in [5.41, 5.74) is 10.3. The second kappa shape index (κ2) is 14.9. The van der Waals surface area contributed by atoms with Gasteiger partial charge in [0.1, 0.15) is 0 Å². The normalized spacial score (nSPS) is 11.8. The molecule has 6 heteroatoms. The average molecular weight is 512 g/mol. The third kappa shape index (κ3) is 9.20. The van der Waals surface area contributed by atoms with Gasteiger partial charge in [0.25, 0.3) is 0 Å². The van der Waals surface area contributed by atoms with E-state index < -0.39 is 10.0 Å². The van der Waals surface area contributed by atoms with Crippen LogP contribution in [0, 0.1) is 0 Å². The molecule has 36 heavy (non-hydrogen) atoms. The van der Waals surface area contributed by atoms with Gasteiger partial charge in [0.15, 0.2) is 0 Å². The van der Waals surface area contributed by atoms with Crippen LogP contribution in [0.2, 0.25) is 0 Å². The first-order valence-electron chi connectivity index (χ1n) is 14.0. The number of hydrogen-bond donors (Lipinski definition) is 3. The fraction of sp³-hybridized carbons (Fsp3) is 0.533. The van der Waals surface area contributed by atoms with Crippen molar-refractivity contribution in [1.82, 2.24) is 4.98 Å². The number of unbranched alkanes of at least 4 members (excludes halogenated alkanes) is 13. The van der Waals surface area contributed by atoms with E-state index in [1.54, 1.807) is 6.07 Å². The van der Waals surface area contributed by atoms with Crippen molar-refractivity contribution in [2.45, 2.75) is 96.8 Å². The molecule has 3 rings (SSSR count). The summed E-state index contributed by atoms with van der Waals surface area (Å²) in [5.74, 6) is 0.154. The number of rotatable bonds is 18. The minimum Gasteiger partial charge on any atom is -0.396 e. The lowest BCUT2D eigenvalue weighted by Crippen LogP contribution is -2.16. The minimum atomic E-state index is -3.38. The Kier molecular flexibility index (Phi) is 11.7. The zero-order chi connectivity index (χ0) is 25.6. The van der Waals surface area contributed by atoms with Crippen molar-refractivity contribution in [1.29, 1.82) is 0 Å². The van der Waals surface area contributed by atoms with Crippen molar-refractivity contribution in [3.05, 3.63) is 48.5 Å². The smallest absolute Gasteiger partial charge is 0.232 e. The Morgan fingerprint density at radius 3 is 1.89 bits per heavy atom. The molecule has 0 unspecified atom stereocenters. The lowest BCUT2D eigenvalue weighted by atomic mass is 10.0. The Morgan fingerprint density at radius 2 is 1.31 bits per heavy atom. The predicted molar refractivity (Wildman–Crippen MR) is 156 cm³/mol. The number of H-pyrrole nitrogens is 1. The van der Waals surface area contributed by atoms with Crippen molar-refractivity contribution in [2.75, 3.05) is 16.2 Å². The van der Waals surface area contributed by atoms with E-state index in [2.05, 4.69) is 16.6 Å². The molecule has 0 atom stereocenters. The summed E-state index contributed by atoms with van der Waals surface area (Å²) in [6.07, 6.45) is 17.5. The lowest BCUT2D eigenvalue weighted by Gasteiger charge is -2.08. The Morgan fingerprint density at radius 1 is 0.750 bits per heavy atom. The quantitative estimate of drug-likeness (QED) is 0.149. The number of anilines is 2. The topological polar surface area (TPSA) is 88.0 Å². The summed E-state index contributed by atoms with van der Waals surface area (Å²) in [6, 6.07) is 15.4. The summed E-state index contributed by atoms with van der Waals surface area (Å²) < 4.78 is 28.0. The van der Waals surface area contributed by atoms with Crippen molar-refractivity contribution in [3.8, 4) is 11.3 Å². The molecule has 0 spiro atoms. The highest BCUT2D eigenvalue weighted by Gasteiger charge is 2.14. The van der Waals surface area contributed by atoms with Gasteiger partial charge >= 0.3 is 0 Å². The fourth-order valence-corrected chi connectivity index (χ4v) is 6.00. The Hall–Kier alpha value is -2.47. The largest absolute Gasteiger partial charge is 0.396 e. The minimum absolute atomic E-state index is 0.154. The van der Waals surface area contributed by atoms with Crippen molar-refractivity contribution < 1.29 is 8.42 Å². The highest BCUT2D eigenvalue weighted by Crippen LogP contribution is 2.34. The van der Waals surface area contributed by atoms with Gasteiger partial charge in [0, 0.05) is 22.2 Å². The van der Waals surface area contributed by atoms with Gasteiger partial charge in [-0.2, -0.15) is 0 Å². The van der Waals surface area contributed by atoms with Gasteiger partial charge in [-0.1, -0.05) is 121 Å². The molecule has 0 radical (unpaired) electrons. The van der Waals surface area contributed by atoms with Gasteiger partial charge in [-0.3, -0.25) is 4.72 Å². The lowest BCUT2D eigenvalue weighted by molar-refractivity contribution is 0.537. The molecule has 5 nitrogen and oxygen atoms in total. The summed E-state index contributed by atoms with van der Waals surface area (Å²) in [5, 5.41) is 0.825. The zero-order valence-corrected chi connectivity index (χ0v) is 22.8. The van der Waals surface area contributed by atoms with Crippen LogP contribution in [0.25, 0.3) is 22.2 Å².